The van der Waals surface area contributed by atoms with Gasteiger partial charge in [-0.1, -0.05) is 47.2 Å². The van der Waals surface area contributed by atoms with Crippen LogP contribution < -0.4 is 5.32 Å². The molecule has 6 heteroatoms. The second-order valence-corrected chi connectivity index (χ2v) is 7.28. The van der Waals surface area contributed by atoms with Crippen LogP contribution in [0.2, 0.25) is 0 Å². The Morgan fingerprint density at radius 3 is 2.31 bits per heavy atom. The molecule has 0 aliphatic heterocycles. The van der Waals surface area contributed by atoms with E-state index in [2.05, 4.69) is 27.6 Å². The molecule has 0 unspecified atom stereocenters. The molecule has 0 atom stereocenters. The lowest BCUT2D eigenvalue weighted by Crippen LogP contribution is -2.15. The summed E-state index contributed by atoms with van der Waals surface area (Å²) in [4.78, 5) is 12.3. The van der Waals surface area contributed by atoms with Gasteiger partial charge in [-0.05, 0) is 51.0 Å². The predicted octanol–water partition coefficient (Wildman–Crippen LogP) is 4.70. The highest BCUT2D eigenvalue weighted by Gasteiger charge is 2.13. The summed E-state index contributed by atoms with van der Waals surface area (Å²) in [5.41, 5.74) is 6.20. The third kappa shape index (κ3) is 4.32. The lowest BCUT2D eigenvalue weighted by atomic mass is 10.1. The van der Waals surface area contributed by atoms with Gasteiger partial charge in [0.25, 0.3) is 5.22 Å². The Balaban J connectivity index is 1.61. The molecule has 5 nitrogen and oxygen atoms in total. The fraction of sp³-hybridized carbons (Fsp3) is 0.250. The van der Waals surface area contributed by atoms with E-state index in [4.69, 9.17) is 4.42 Å². The minimum Gasteiger partial charge on any atom is -0.411 e. The van der Waals surface area contributed by atoms with E-state index in [0.717, 1.165) is 22.4 Å². The van der Waals surface area contributed by atoms with Crippen molar-refractivity contribution in [1.82, 2.24) is 10.2 Å². The summed E-state index contributed by atoms with van der Waals surface area (Å²) in [6.45, 7) is 8.06. The molecule has 0 spiro atoms. The first-order chi connectivity index (χ1) is 12.4. The molecule has 3 aromatic rings. The lowest BCUT2D eigenvalue weighted by Gasteiger charge is -2.12. The van der Waals surface area contributed by atoms with Crippen molar-refractivity contribution in [2.45, 2.75) is 32.9 Å². The summed E-state index contributed by atoms with van der Waals surface area (Å²) < 4.78 is 5.63. The maximum Gasteiger partial charge on any atom is 0.277 e. The fourth-order valence-corrected chi connectivity index (χ4v) is 3.32. The van der Waals surface area contributed by atoms with Gasteiger partial charge in [-0.3, -0.25) is 4.79 Å². The van der Waals surface area contributed by atoms with E-state index in [1.54, 1.807) is 0 Å². The Morgan fingerprint density at radius 2 is 1.65 bits per heavy atom. The number of carbonyl (C=O) groups excluding carboxylic acids is 1. The number of aryl methyl sites for hydroxylation is 4. The van der Waals surface area contributed by atoms with Crippen molar-refractivity contribution in [1.29, 1.82) is 0 Å². The molecular formula is C20H21N3O2S. The quantitative estimate of drug-likeness (QED) is 0.662. The molecule has 0 saturated heterocycles. The van der Waals surface area contributed by atoms with E-state index in [0.29, 0.717) is 11.1 Å². The second-order valence-electron chi connectivity index (χ2n) is 6.35. The molecule has 3 rings (SSSR count). The minimum absolute atomic E-state index is 0.0971. The molecule has 1 amide bonds. The van der Waals surface area contributed by atoms with Crippen LogP contribution in [-0.2, 0) is 4.79 Å². The van der Waals surface area contributed by atoms with Gasteiger partial charge in [0.2, 0.25) is 11.8 Å². The number of hydrogen-bond donors (Lipinski definition) is 1. The first-order valence-corrected chi connectivity index (χ1v) is 9.32. The molecule has 2 aromatic carbocycles. The van der Waals surface area contributed by atoms with E-state index in [1.807, 2.05) is 52.0 Å². The van der Waals surface area contributed by atoms with Crippen molar-refractivity contribution < 1.29 is 9.21 Å². The second kappa shape index (κ2) is 7.74. The highest BCUT2D eigenvalue weighted by molar-refractivity contribution is 7.99. The van der Waals surface area contributed by atoms with Crippen molar-refractivity contribution >= 4 is 23.4 Å². The molecule has 26 heavy (non-hydrogen) atoms. The summed E-state index contributed by atoms with van der Waals surface area (Å²) in [5, 5.41) is 11.4. The van der Waals surface area contributed by atoms with Gasteiger partial charge >= 0.3 is 0 Å². The minimum atomic E-state index is -0.0971. The summed E-state index contributed by atoms with van der Waals surface area (Å²) in [6, 6.07) is 12.0. The van der Waals surface area contributed by atoms with Gasteiger partial charge in [0.05, 0.1) is 5.75 Å². The molecule has 0 radical (unpaired) electrons. The van der Waals surface area contributed by atoms with Gasteiger partial charge < -0.3 is 9.73 Å². The Kier molecular flexibility index (Phi) is 5.42. The van der Waals surface area contributed by atoms with Crippen LogP contribution in [-0.4, -0.2) is 21.9 Å². The first-order valence-electron chi connectivity index (χ1n) is 8.33. The molecule has 0 saturated carbocycles. The summed E-state index contributed by atoms with van der Waals surface area (Å²) >= 11 is 1.23. The van der Waals surface area contributed by atoms with Crippen LogP contribution in [0.3, 0.4) is 0 Å². The Morgan fingerprint density at radius 1 is 1.00 bits per heavy atom. The average Bonchev–Trinajstić information content (AvgIpc) is 3.06. The van der Waals surface area contributed by atoms with Crippen LogP contribution in [0, 0.1) is 27.7 Å². The first kappa shape index (κ1) is 18.2. The molecule has 0 aliphatic carbocycles. The van der Waals surface area contributed by atoms with Crippen molar-refractivity contribution in [2.24, 2.45) is 0 Å². The standard InChI is InChI=1S/C20H21N3O2S/c1-12-5-7-16(8-6-12)19-22-23-20(25-19)26-11-17(24)21-18-14(3)9-13(2)10-15(18)4/h5-10H,11H2,1-4H3,(H,21,24). The van der Waals surface area contributed by atoms with Crippen LogP contribution in [0.15, 0.2) is 46.0 Å². The third-order valence-electron chi connectivity index (χ3n) is 3.97. The van der Waals surface area contributed by atoms with Crippen LogP contribution in [0.5, 0.6) is 0 Å². The highest BCUT2D eigenvalue weighted by Crippen LogP contribution is 2.25. The molecule has 1 aromatic heterocycles. The van der Waals surface area contributed by atoms with Gasteiger partial charge in [-0.15, -0.1) is 10.2 Å². The molecule has 0 bridgehead atoms. The van der Waals surface area contributed by atoms with E-state index < -0.39 is 0 Å². The fourth-order valence-electron chi connectivity index (χ4n) is 2.76. The molecule has 0 fully saturated rings. The zero-order valence-corrected chi connectivity index (χ0v) is 16.1. The van der Waals surface area contributed by atoms with E-state index >= 15 is 0 Å². The van der Waals surface area contributed by atoms with Crippen LogP contribution >= 0.6 is 11.8 Å². The number of aromatic nitrogens is 2. The molecule has 1 heterocycles. The number of nitrogens with zero attached hydrogens (tertiary/aromatic N) is 2. The third-order valence-corrected chi connectivity index (χ3v) is 4.79. The van der Waals surface area contributed by atoms with Crippen LogP contribution in [0.25, 0.3) is 11.5 Å². The maximum atomic E-state index is 12.3. The van der Waals surface area contributed by atoms with Crippen molar-refractivity contribution in [3.8, 4) is 11.5 Å². The Bertz CT molecular complexity index is 909. The number of benzene rings is 2. The largest absolute Gasteiger partial charge is 0.411 e. The van der Waals surface area contributed by atoms with Crippen molar-refractivity contribution in [2.75, 3.05) is 11.1 Å². The predicted molar refractivity (Wildman–Crippen MR) is 104 cm³/mol. The normalized spacial score (nSPS) is 10.8. The number of carbonyl (C=O) groups is 1. The number of hydrogen-bond acceptors (Lipinski definition) is 5. The zero-order chi connectivity index (χ0) is 18.7. The maximum absolute atomic E-state index is 12.3. The SMILES string of the molecule is Cc1ccc(-c2nnc(SCC(=O)Nc3c(C)cc(C)cc3C)o2)cc1. The van der Waals surface area contributed by atoms with Crippen molar-refractivity contribution in [3.63, 3.8) is 0 Å². The average molecular weight is 367 g/mol. The zero-order valence-electron chi connectivity index (χ0n) is 15.3. The van der Waals surface area contributed by atoms with Gasteiger partial charge in [0, 0.05) is 11.3 Å². The summed E-state index contributed by atoms with van der Waals surface area (Å²) in [5.74, 6) is 0.570. The van der Waals surface area contributed by atoms with Gasteiger partial charge in [-0.2, -0.15) is 0 Å². The van der Waals surface area contributed by atoms with Crippen LogP contribution in [0.1, 0.15) is 22.3 Å². The smallest absolute Gasteiger partial charge is 0.277 e. The molecular weight excluding hydrogens is 346 g/mol. The van der Waals surface area contributed by atoms with E-state index in [9.17, 15) is 4.79 Å². The monoisotopic (exact) mass is 367 g/mol. The lowest BCUT2D eigenvalue weighted by molar-refractivity contribution is -0.113. The van der Waals surface area contributed by atoms with Gasteiger partial charge in [0.1, 0.15) is 0 Å². The molecule has 1 N–H and O–H groups in total. The number of thioether (sulfide) groups is 1. The number of anilines is 1. The molecule has 0 aliphatic rings. The topological polar surface area (TPSA) is 68.0 Å². The van der Waals surface area contributed by atoms with Gasteiger partial charge in [-0.25, -0.2) is 0 Å². The Hall–Kier alpha value is -2.60. The van der Waals surface area contributed by atoms with Gasteiger partial charge in [0.15, 0.2) is 0 Å². The number of rotatable bonds is 5. The van der Waals surface area contributed by atoms with Crippen molar-refractivity contribution in [3.05, 3.63) is 58.7 Å². The van der Waals surface area contributed by atoms with Crippen LogP contribution in [0.4, 0.5) is 5.69 Å². The Labute approximate surface area is 157 Å². The number of nitrogens with one attached hydrogen (secondary N) is 1. The highest BCUT2D eigenvalue weighted by atomic mass is 32.2. The summed E-state index contributed by atoms with van der Waals surface area (Å²) in [6.07, 6.45) is 0. The van der Waals surface area contributed by atoms with E-state index in [-0.39, 0.29) is 11.7 Å². The summed E-state index contributed by atoms with van der Waals surface area (Å²) in [7, 11) is 0. The van der Waals surface area contributed by atoms with E-state index in [1.165, 1.54) is 22.9 Å². The molecule has 134 valence electrons. The number of amides is 1.